The molecule has 0 radical (unpaired) electrons. The zero-order valence-electron chi connectivity index (χ0n) is 13.9. The fourth-order valence-electron chi connectivity index (χ4n) is 3.08. The number of aromatic nitrogens is 4. The summed E-state index contributed by atoms with van der Waals surface area (Å²) in [7, 11) is 0. The third-order valence-electron chi connectivity index (χ3n) is 4.37. The van der Waals surface area contributed by atoms with Gasteiger partial charge in [0.05, 0.1) is 6.04 Å². The van der Waals surface area contributed by atoms with Crippen molar-refractivity contribution < 1.29 is 9.18 Å². The molecule has 8 heteroatoms. The van der Waals surface area contributed by atoms with Crippen molar-refractivity contribution in [3.63, 3.8) is 0 Å². The van der Waals surface area contributed by atoms with Gasteiger partial charge in [0.2, 0.25) is 0 Å². The first-order valence-electron chi connectivity index (χ1n) is 8.36. The molecular weight excluding hydrogens is 335 g/mol. The number of halogens is 1. The second kappa shape index (κ2) is 6.91. The molecule has 4 rings (SSSR count). The van der Waals surface area contributed by atoms with E-state index in [0.29, 0.717) is 23.9 Å². The minimum atomic E-state index is -0.340. The van der Waals surface area contributed by atoms with E-state index in [-0.39, 0.29) is 17.9 Å². The summed E-state index contributed by atoms with van der Waals surface area (Å²) in [5, 5.41) is 10.0. The maximum atomic E-state index is 13.0. The molecule has 1 unspecified atom stereocenters. The highest BCUT2D eigenvalue weighted by Crippen LogP contribution is 2.31. The number of rotatable bonds is 3. The van der Waals surface area contributed by atoms with Gasteiger partial charge in [0, 0.05) is 30.2 Å². The molecule has 2 amide bonds. The van der Waals surface area contributed by atoms with Crippen molar-refractivity contribution in [2.45, 2.75) is 18.9 Å². The molecule has 1 aromatic carbocycles. The Kier molecular flexibility index (Phi) is 4.30. The van der Waals surface area contributed by atoms with E-state index >= 15 is 0 Å². The van der Waals surface area contributed by atoms with E-state index in [4.69, 9.17) is 0 Å². The fraction of sp³-hybridized carbons (Fsp3) is 0.222. The third kappa shape index (κ3) is 3.26. The average Bonchev–Trinajstić information content (AvgIpc) is 3.33. The minimum Gasteiger partial charge on any atom is -0.314 e. The Labute approximate surface area is 149 Å². The van der Waals surface area contributed by atoms with E-state index in [1.807, 2.05) is 12.1 Å². The molecule has 1 atom stereocenters. The Hall–Kier alpha value is -3.29. The summed E-state index contributed by atoms with van der Waals surface area (Å²) >= 11 is 0. The highest BCUT2D eigenvalue weighted by atomic mass is 19.1. The lowest BCUT2D eigenvalue weighted by Gasteiger charge is -2.23. The highest BCUT2D eigenvalue weighted by molar-refractivity contribution is 5.89. The average molecular weight is 352 g/mol. The van der Waals surface area contributed by atoms with Gasteiger partial charge in [0.1, 0.15) is 11.6 Å². The van der Waals surface area contributed by atoms with E-state index in [0.717, 1.165) is 18.4 Å². The quantitative estimate of drug-likeness (QED) is 0.756. The Balaban J connectivity index is 1.50. The number of H-pyrrole nitrogens is 1. The van der Waals surface area contributed by atoms with E-state index < -0.39 is 0 Å². The van der Waals surface area contributed by atoms with Crippen molar-refractivity contribution in [1.82, 2.24) is 25.1 Å². The molecular formula is C18H17FN6O. The molecule has 0 saturated carbocycles. The zero-order valence-corrected chi connectivity index (χ0v) is 13.9. The zero-order chi connectivity index (χ0) is 17.9. The summed E-state index contributed by atoms with van der Waals surface area (Å²) in [5.74, 6) is 0.893. The van der Waals surface area contributed by atoms with Crippen LogP contribution in [0.3, 0.4) is 0 Å². The largest absolute Gasteiger partial charge is 0.322 e. The number of carbonyl (C=O) groups excluding carboxylic acids is 1. The molecule has 0 aliphatic carbocycles. The second-order valence-electron chi connectivity index (χ2n) is 6.07. The van der Waals surface area contributed by atoms with E-state index in [1.54, 1.807) is 17.3 Å². The van der Waals surface area contributed by atoms with Crippen molar-refractivity contribution in [2.24, 2.45) is 0 Å². The number of aromatic amines is 1. The lowest BCUT2D eigenvalue weighted by molar-refractivity contribution is 0.205. The molecule has 1 aliphatic rings. The summed E-state index contributed by atoms with van der Waals surface area (Å²) in [6.45, 7) is 0.628. The van der Waals surface area contributed by atoms with Crippen LogP contribution >= 0.6 is 0 Å². The van der Waals surface area contributed by atoms with Gasteiger partial charge in [0.25, 0.3) is 0 Å². The lowest BCUT2D eigenvalue weighted by atomic mass is 10.2. The highest BCUT2D eigenvalue weighted by Gasteiger charge is 2.32. The number of hydrogen-bond acceptors (Lipinski definition) is 4. The molecule has 7 nitrogen and oxygen atoms in total. The summed E-state index contributed by atoms with van der Waals surface area (Å²) in [5.41, 5.74) is 1.42. The van der Waals surface area contributed by atoms with Gasteiger partial charge < -0.3 is 10.2 Å². The number of amides is 2. The molecule has 0 bridgehead atoms. The summed E-state index contributed by atoms with van der Waals surface area (Å²) < 4.78 is 13.0. The van der Waals surface area contributed by atoms with Crippen LogP contribution in [0, 0.1) is 5.82 Å². The Morgan fingerprint density at radius 2 is 1.96 bits per heavy atom. The third-order valence-corrected chi connectivity index (χ3v) is 4.37. The first-order chi connectivity index (χ1) is 12.7. The molecule has 2 N–H and O–H groups in total. The van der Waals surface area contributed by atoms with Crippen molar-refractivity contribution >= 4 is 11.7 Å². The summed E-state index contributed by atoms with van der Waals surface area (Å²) in [4.78, 5) is 22.9. The van der Waals surface area contributed by atoms with Crippen LogP contribution in [-0.2, 0) is 0 Å². The molecule has 3 aromatic rings. The molecule has 1 aliphatic heterocycles. The summed E-state index contributed by atoms with van der Waals surface area (Å²) in [6.07, 6.45) is 5.06. The van der Waals surface area contributed by atoms with Gasteiger partial charge in [-0.3, -0.25) is 10.1 Å². The smallest absolute Gasteiger partial charge is 0.314 e. The van der Waals surface area contributed by atoms with Crippen molar-refractivity contribution in [1.29, 1.82) is 0 Å². The van der Waals surface area contributed by atoms with E-state index in [2.05, 4.69) is 25.5 Å². The van der Waals surface area contributed by atoms with Crippen molar-refractivity contribution in [2.75, 3.05) is 11.9 Å². The molecule has 1 fully saturated rings. The van der Waals surface area contributed by atoms with Gasteiger partial charge in [-0.2, -0.15) is 5.10 Å². The first-order valence-corrected chi connectivity index (χ1v) is 8.36. The van der Waals surface area contributed by atoms with Crippen LogP contribution in [0.4, 0.5) is 14.9 Å². The SMILES string of the molecule is O=C(Nc1ccc(F)cc1)N1CCCC1c1nc(-c2ccncc2)n[nH]1. The van der Waals surface area contributed by atoms with Crippen LogP contribution < -0.4 is 5.32 Å². The standard InChI is InChI=1S/C18H17FN6O/c19-13-3-5-14(6-4-13)21-18(26)25-11-1-2-15(25)17-22-16(23-24-17)12-7-9-20-10-8-12/h3-10,15H,1-2,11H2,(H,21,26)(H,22,23,24). The fourth-order valence-corrected chi connectivity index (χ4v) is 3.08. The molecule has 2 aromatic heterocycles. The number of carbonyl (C=O) groups is 1. The van der Waals surface area contributed by atoms with Gasteiger partial charge >= 0.3 is 6.03 Å². The van der Waals surface area contributed by atoms with Crippen LogP contribution in [0.5, 0.6) is 0 Å². The van der Waals surface area contributed by atoms with Gasteiger partial charge in [-0.05, 0) is 49.2 Å². The maximum absolute atomic E-state index is 13.0. The predicted molar refractivity (Wildman–Crippen MR) is 93.7 cm³/mol. The maximum Gasteiger partial charge on any atom is 0.322 e. The minimum absolute atomic E-state index is 0.168. The monoisotopic (exact) mass is 352 g/mol. The van der Waals surface area contributed by atoms with Crippen LogP contribution in [0.1, 0.15) is 24.7 Å². The molecule has 1 saturated heterocycles. The van der Waals surface area contributed by atoms with Crippen molar-refractivity contribution in [3.8, 4) is 11.4 Å². The Bertz CT molecular complexity index is 896. The Morgan fingerprint density at radius 3 is 2.73 bits per heavy atom. The number of benzene rings is 1. The van der Waals surface area contributed by atoms with Gasteiger partial charge in [0.15, 0.2) is 5.82 Å². The summed E-state index contributed by atoms with van der Waals surface area (Å²) in [6, 6.07) is 8.96. The molecule has 0 spiro atoms. The van der Waals surface area contributed by atoms with E-state index in [1.165, 1.54) is 24.3 Å². The number of likely N-dealkylation sites (tertiary alicyclic amines) is 1. The van der Waals surface area contributed by atoms with Gasteiger partial charge in [-0.15, -0.1) is 0 Å². The number of nitrogens with zero attached hydrogens (tertiary/aromatic N) is 4. The predicted octanol–water partition coefficient (Wildman–Crippen LogP) is 3.37. The first kappa shape index (κ1) is 16.2. The number of hydrogen-bond donors (Lipinski definition) is 2. The van der Waals surface area contributed by atoms with Gasteiger partial charge in [-0.25, -0.2) is 14.2 Å². The molecule has 3 heterocycles. The second-order valence-corrected chi connectivity index (χ2v) is 6.07. The van der Waals surface area contributed by atoms with Crippen LogP contribution in [-0.4, -0.2) is 37.6 Å². The van der Waals surface area contributed by atoms with Crippen molar-refractivity contribution in [3.05, 3.63) is 60.4 Å². The van der Waals surface area contributed by atoms with E-state index in [9.17, 15) is 9.18 Å². The van der Waals surface area contributed by atoms with Gasteiger partial charge in [-0.1, -0.05) is 0 Å². The number of urea groups is 1. The number of nitrogens with one attached hydrogen (secondary N) is 2. The molecule has 26 heavy (non-hydrogen) atoms. The Morgan fingerprint density at radius 1 is 1.19 bits per heavy atom. The topological polar surface area (TPSA) is 86.8 Å². The number of anilines is 1. The molecule has 132 valence electrons. The van der Waals surface area contributed by atoms with Crippen LogP contribution in [0.25, 0.3) is 11.4 Å². The normalized spacial score (nSPS) is 16.7. The van der Waals surface area contributed by atoms with Crippen LogP contribution in [0.2, 0.25) is 0 Å². The lowest BCUT2D eigenvalue weighted by Crippen LogP contribution is -2.34. The van der Waals surface area contributed by atoms with Crippen LogP contribution in [0.15, 0.2) is 48.8 Å². The number of pyridine rings is 1.